The number of piperazine rings is 1. The molecule has 1 unspecified atom stereocenters. The van der Waals surface area contributed by atoms with Crippen LogP contribution in [0.25, 0.3) is 0 Å². The fraction of sp³-hybridized carbons (Fsp3) is 0.462. The van der Waals surface area contributed by atoms with Gasteiger partial charge in [-0.3, -0.25) is 4.79 Å². The van der Waals surface area contributed by atoms with Crippen LogP contribution in [0.1, 0.15) is 10.4 Å². The van der Waals surface area contributed by atoms with Crippen molar-refractivity contribution in [3.8, 4) is 0 Å². The molecule has 104 valence electrons. The van der Waals surface area contributed by atoms with Gasteiger partial charge < -0.3 is 15.5 Å². The number of nitrogens with zero attached hydrogens (tertiary/aromatic N) is 2. The highest BCUT2D eigenvalue weighted by Gasteiger charge is 2.30. The Balaban J connectivity index is 2.25. The topological polar surface area (TPSA) is 49.6 Å². The van der Waals surface area contributed by atoms with Gasteiger partial charge in [0.1, 0.15) is 5.82 Å². The van der Waals surface area contributed by atoms with Crippen LogP contribution in [0.4, 0.5) is 4.39 Å². The second-order valence-corrected chi connectivity index (χ2v) is 5.13. The second kappa shape index (κ2) is 5.86. The number of benzene rings is 1. The summed E-state index contributed by atoms with van der Waals surface area (Å²) in [5, 5.41) is -0.123. The number of carbonyl (C=O) groups is 1. The van der Waals surface area contributed by atoms with E-state index in [0.29, 0.717) is 13.1 Å². The zero-order chi connectivity index (χ0) is 14.0. The van der Waals surface area contributed by atoms with Gasteiger partial charge in [-0.1, -0.05) is 17.7 Å². The summed E-state index contributed by atoms with van der Waals surface area (Å²) in [7, 11) is 1.99. The van der Waals surface area contributed by atoms with Gasteiger partial charge in [0.05, 0.1) is 16.6 Å². The fourth-order valence-electron chi connectivity index (χ4n) is 2.30. The van der Waals surface area contributed by atoms with Crippen molar-refractivity contribution < 1.29 is 9.18 Å². The van der Waals surface area contributed by atoms with Gasteiger partial charge in [-0.2, -0.15) is 0 Å². The minimum atomic E-state index is -0.578. The zero-order valence-electron chi connectivity index (χ0n) is 10.8. The van der Waals surface area contributed by atoms with E-state index in [1.807, 2.05) is 7.05 Å². The van der Waals surface area contributed by atoms with Crippen molar-refractivity contribution in [3.63, 3.8) is 0 Å². The molecular weight excluding hydrogens is 269 g/mol. The monoisotopic (exact) mass is 285 g/mol. The standard InChI is InChI=1S/C13H17ClFN3O/c1-17-5-6-18(9(7-16)8-17)13(19)10-3-2-4-11(15)12(10)14/h2-4,9H,5-8,16H2,1H3. The van der Waals surface area contributed by atoms with Gasteiger partial charge in [0.15, 0.2) is 0 Å². The third kappa shape index (κ3) is 2.88. The molecule has 1 aromatic rings. The van der Waals surface area contributed by atoms with Gasteiger partial charge in [0, 0.05) is 26.2 Å². The van der Waals surface area contributed by atoms with Gasteiger partial charge >= 0.3 is 0 Å². The lowest BCUT2D eigenvalue weighted by molar-refractivity contribution is 0.0515. The molecule has 0 radical (unpaired) electrons. The zero-order valence-corrected chi connectivity index (χ0v) is 11.5. The molecule has 0 saturated carbocycles. The first-order valence-electron chi connectivity index (χ1n) is 6.18. The summed E-state index contributed by atoms with van der Waals surface area (Å²) < 4.78 is 13.4. The molecule has 4 nitrogen and oxygen atoms in total. The average Bonchev–Trinajstić information content (AvgIpc) is 2.41. The lowest BCUT2D eigenvalue weighted by Gasteiger charge is -2.39. The number of halogens is 2. The van der Waals surface area contributed by atoms with Crippen molar-refractivity contribution >= 4 is 17.5 Å². The number of hydrogen-bond donors (Lipinski definition) is 1. The van der Waals surface area contributed by atoms with E-state index in [2.05, 4.69) is 4.90 Å². The third-order valence-electron chi connectivity index (χ3n) is 3.40. The van der Waals surface area contributed by atoms with Crippen molar-refractivity contribution in [2.45, 2.75) is 6.04 Å². The number of amides is 1. The van der Waals surface area contributed by atoms with E-state index in [0.717, 1.165) is 13.1 Å². The van der Waals surface area contributed by atoms with Crippen LogP contribution < -0.4 is 5.73 Å². The van der Waals surface area contributed by atoms with Gasteiger partial charge in [0.25, 0.3) is 5.91 Å². The van der Waals surface area contributed by atoms with Crippen LogP contribution in [0.2, 0.25) is 5.02 Å². The van der Waals surface area contributed by atoms with Crippen molar-refractivity contribution in [2.75, 3.05) is 33.2 Å². The Morgan fingerprint density at radius 3 is 2.95 bits per heavy atom. The van der Waals surface area contributed by atoms with Crippen molar-refractivity contribution in [1.82, 2.24) is 9.80 Å². The van der Waals surface area contributed by atoms with Crippen LogP contribution >= 0.6 is 11.6 Å². The highest BCUT2D eigenvalue weighted by Crippen LogP contribution is 2.22. The van der Waals surface area contributed by atoms with Gasteiger partial charge in [-0.25, -0.2) is 4.39 Å². The summed E-state index contributed by atoms with van der Waals surface area (Å²) in [6, 6.07) is 4.20. The molecule has 19 heavy (non-hydrogen) atoms. The molecule has 1 atom stereocenters. The molecule has 0 aliphatic carbocycles. The Morgan fingerprint density at radius 1 is 1.53 bits per heavy atom. The maximum Gasteiger partial charge on any atom is 0.255 e. The van der Waals surface area contributed by atoms with Crippen LogP contribution in [0.5, 0.6) is 0 Å². The third-order valence-corrected chi connectivity index (χ3v) is 3.78. The average molecular weight is 286 g/mol. The maximum atomic E-state index is 13.4. The molecule has 1 aromatic carbocycles. The molecule has 6 heteroatoms. The lowest BCUT2D eigenvalue weighted by Crippen LogP contribution is -2.56. The largest absolute Gasteiger partial charge is 0.332 e. The summed E-state index contributed by atoms with van der Waals surface area (Å²) in [4.78, 5) is 16.3. The minimum absolute atomic E-state index is 0.0643. The molecular formula is C13H17ClFN3O. The molecule has 0 bridgehead atoms. The van der Waals surface area contributed by atoms with E-state index < -0.39 is 5.82 Å². The van der Waals surface area contributed by atoms with E-state index >= 15 is 0 Å². The Labute approximate surface area is 116 Å². The first kappa shape index (κ1) is 14.2. The van der Waals surface area contributed by atoms with Crippen molar-refractivity contribution in [3.05, 3.63) is 34.6 Å². The quantitative estimate of drug-likeness (QED) is 0.888. The predicted octanol–water partition coefficient (Wildman–Crippen LogP) is 1.19. The van der Waals surface area contributed by atoms with Crippen LogP contribution in [0.3, 0.4) is 0 Å². The highest BCUT2D eigenvalue weighted by atomic mass is 35.5. The first-order valence-corrected chi connectivity index (χ1v) is 6.56. The Hall–Kier alpha value is -1.17. The van der Waals surface area contributed by atoms with Gasteiger partial charge in [-0.05, 0) is 19.2 Å². The molecule has 0 aromatic heterocycles. The highest BCUT2D eigenvalue weighted by molar-refractivity contribution is 6.34. The predicted molar refractivity (Wildman–Crippen MR) is 72.8 cm³/mol. The van der Waals surface area contributed by atoms with Crippen molar-refractivity contribution in [1.29, 1.82) is 0 Å². The smallest absolute Gasteiger partial charge is 0.255 e. The van der Waals surface area contributed by atoms with Crippen molar-refractivity contribution in [2.24, 2.45) is 5.73 Å². The Kier molecular flexibility index (Phi) is 4.39. The number of carbonyl (C=O) groups excluding carboxylic acids is 1. The van der Waals surface area contributed by atoms with Crippen LogP contribution in [0, 0.1) is 5.82 Å². The van der Waals surface area contributed by atoms with Gasteiger partial charge in [-0.15, -0.1) is 0 Å². The van der Waals surface area contributed by atoms with E-state index in [4.69, 9.17) is 17.3 Å². The van der Waals surface area contributed by atoms with E-state index in [1.165, 1.54) is 12.1 Å². The van der Waals surface area contributed by atoms with Crippen LogP contribution in [0.15, 0.2) is 18.2 Å². The van der Waals surface area contributed by atoms with E-state index in [1.54, 1.807) is 11.0 Å². The Bertz CT molecular complexity index is 483. The summed E-state index contributed by atoms with van der Waals surface area (Å²) in [5.41, 5.74) is 5.91. The molecule has 1 saturated heterocycles. The molecule has 1 amide bonds. The van der Waals surface area contributed by atoms with Crippen LogP contribution in [-0.2, 0) is 0 Å². The molecule has 2 rings (SSSR count). The maximum absolute atomic E-state index is 13.4. The molecule has 1 fully saturated rings. The number of hydrogen-bond acceptors (Lipinski definition) is 3. The van der Waals surface area contributed by atoms with E-state index in [9.17, 15) is 9.18 Å². The minimum Gasteiger partial charge on any atom is -0.332 e. The first-order chi connectivity index (χ1) is 9.04. The summed E-state index contributed by atoms with van der Waals surface area (Å²) in [6.45, 7) is 2.44. The summed E-state index contributed by atoms with van der Waals surface area (Å²) in [6.07, 6.45) is 0. The van der Waals surface area contributed by atoms with Crippen LogP contribution in [-0.4, -0.2) is 55.0 Å². The lowest BCUT2D eigenvalue weighted by atomic mass is 10.1. The Morgan fingerprint density at radius 2 is 2.26 bits per heavy atom. The number of rotatable bonds is 2. The fourth-order valence-corrected chi connectivity index (χ4v) is 2.51. The molecule has 1 aliphatic rings. The molecule has 0 spiro atoms. The molecule has 1 heterocycles. The van der Waals surface area contributed by atoms with E-state index in [-0.39, 0.29) is 22.5 Å². The number of likely N-dealkylation sites (N-methyl/N-ethyl adjacent to an activating group) is 1. The molecule has 2 N–H and O–H groups in total. The SMILES string of the molecule is CN1CCN(C(=O)c2cccc(F)c2Cl)C(CN)C1. The summed E-state index contributed by atoms with van der Waals surface area (Å²) >= 11 is 5.86. The normalized spacial score (nSPS) is 20.6. The molecule has 1 aliphatic heterocycles. The second-order valence-electron chi connectivity index (χ2n) is 4.75. The summed E-state index contributed by atoms with van der Waals surface area (Å²) in [5.74, 6) is -0.834. The number of nitrogens with two attached hydrogens (primary N) is 1. The van der Waals surface area contributed by atoms with Gasteiger partial charge in [0.2, 0.25) is 0 Å².